The number of hydrogen-bond donors (Lipinski definition) is 2. The monoisotopic (exact) mass is 317 g/mol. The van der Waals surface area contributed by atoms with Crippen LogP contribution in [-0.2, 0) is 10.2 Å². The Morgan fingerprint density at radius 3 is 2.25 bits per heavy atom. The largest absolute Gasteiger partial charge is 0.402 e. The molecular formula is C11H22F3N3O2S. The fraction of sp³-hybridized carbons (Fsp3) is 1.00. The molecule has 1 fully saturated rings. The molecule has 1 saturated carbocycles. The molecule has 1 rings (SSSR count). The van der Waals surface area contributed by atoms with Crippen molar-refractivity contribution in [3.63, 3.8) is 0 Å². The highest BCUT2D eigenvalue weighted by Crippen LogP contribution is 2.36. The summed E-state index contributed by atoms with van der Waals surface area (Å²) in [5, 5.41) is 0. The van der Waals surface area contributed by atoms with Gasteiger partial charge < -0.3 is 5.73 Å². The number of alkyl halides is 3. The Hall–Kier alpha value is -0.380. The standard InChI is InChI=1S/C11H22F3N3O2S/c1-2-7-17(10(8-15)5-3-4-6-10)20(18,19)16-9-11(12,13)14/h16H,2-9,15H2,1H3. The van der Waals surface area contributed by atoms with Gasteiger partial charge in [0.05, 0.1) is 0 Å². The van der Waals surface area contributed by atoms with Gasteiger partial charge in [0.15, 0.2) is 0 Å². The number of halogens is 3. The molecule has 120 valence electrons. The molecule has 0 aromatic rings. The van der Waals surface area contributed by atoms with Crippen LogP contribution in [0.4, 0.5) is 13.2 Å². The Balaban J connectivity index is 2.94. The smallest absolute Gasteiger partial charge is 0.329 e. The van der Waals surface area contributed by atoms with E-state index in [1.54, 1.807) is 11.6 Å². The van der Waals surface area contributed by atoms with E-state index in [2.05, 4.69) is 0 Å². The molecule has 0 spiro atoms. The van der Waals surface area contributed by atoms with Gasteiger partial charge in [-0.1, -0.05) is 19.8 Å². The van der Waals surface area contributed by atoms with E-state index in [0.717, 1.165) is 17.1 Å². The summed E-state index contributed by atoms with van der Waals surface area (Å²) in [6.45, 7) is 0.520. The van der Waals surface area contributed by atoms with E-state index < -0.39 is 28.5 Å². The molecular weight excluding hydrogens is 295 g/mol. The summed E-state index contributed by atoms with van der Waals surface area (Å²) in [6.07, 6.45) is -1.18. The van der Waals surface area contributed by atoms with Gasteiger partial charge in [0.2, 0.25) is 0 Å². The molecule has 0 aromatic heterocycles. The minimum Gasteiger partial charge on any atom is -0.329 e. The molecule has 0 atom stereocenters. The van der Waals surface area contributed by atoms with E-state index in [0.29, 0.717) is 19.3 Å². The maximum Gasteiger partial charge on any atom is 0.402 e. The van der Waals surface area contributed by atoms with Gasteiger partial charge in [0.1, 0.15) is 6.54 Å². The molecule has 1 aliphatic carbocycles. The quantitative estimate of drug-likeness (QED) is 0.744. The summed E-state index contributed by atoms with van der Waals surface area (Å²) < 4.78 is 63.8. The molecule has 0 aliphatic heterocycles. The predicted molar refractivity (Wildman–Crippen MR) is 70.2 cm³/mol. The van der Waals surface area contributed by atoms with Crippen LogP contribution in [0.1, 0.15) is 39.0 Å². The Kier molecular flexibility index (Phi) is 5.82. The summed E-state index contributed by atoms with van der Waals surface area (Å²) in [7, 11) is -4.19. The maximum absolute atomic E-state index is 12.2. The zero-order valence-corrected chi connectivity index (χ0v) is 12.4. The van der Waals surface area contributed by atoms with Gasteiger partial charge in [-0.25, -0.2) is 0 Å². The van der Waals surface area contributed by atoms with Crippen LogP contribution in [0.5, 0.6) is 0 Å². The maximum atomic E-state index is 12.2. The SMILES string of the molecule is CCCN(C1(CN)CCCC1)S(=O)(=O)NCC(F)(F)F. The van der Waals surface area contributed by atoms with Crippen molar-refractivity contribution < 1.29 is 21.6 Å². The van der Waals surface area contributed by atoms with Crippen molar-refractivity contribution in [1.82, 2.24) is 9.03 Å². The lowest BCUT2D eigenvalue weighted by molar-refractivity contribution is -0.121. The third-order valence-electron chi connectivity index (χ3n) is 3.62. The van der Waals surface area contributed by atoms with Gasteiger partial charge in [-0.05, 0) is 19.3 Å². The van der Waals surface area contributed by atoms with Crippen LogP contribution in [-0.4, -0.2) is 44.1 Å². The molecule has 0 heterocycles. The number of rotatable bonds is 7. The van der Waals surface area contributed by atoms with Gasteiger partial charge in [0.25, 0.3) is 10.2 Å². The average Bonchev–Trinajstić information content (AvgIpc) is 2.82. The van der Waals surface area contributed by atoms with Crippen LogP contribution in [0, 0.1) is 0 Å². The molecule has 0 unspecified atom stereocenters. The van der Waals surface area contributed by atoms with Crippen LogP contribution in [0.3, 0.4) is 0 Å². The number of nitrogens with zero attached hydrogens (tertiary/aromatic N) is 1. The van der Waals surface area contributed by atoms with Crippen LogP contribution >= 0.6 is 0 Å². The predicted octanol–water partition coefficient (Wildman–Crippen LogP) is 1.37. The molecule has 0 bridgehead atoms. The molecule has 20 heavy (non-hydrogen) atoms. The highest BCUT2D eigenvalue weighted by atomic mass is 32.2. The van der Waals surface area contributed by atoms with Gasteiger partial charge in [-0.2, -0.15) is 30.6 Å². The molecule has 1 aliphatic rings. The summed E-state index contributed by atoms with van der Waals surface area (Å²) in [5.74, 6) is 0. The zero-order valence-electron chi connectivity index (χ0n) is 11.5. The lowest BCUT2D eigenvalue weighted by atomic mass is 9.98. The fourth-order valence-corrected chi connectivity index (χ4v) is 4.35. The molecule has 0 radical (unpaired) electrons. The van der Waals surface area contributed by atoms with Crippen LogP contribution in [0.2, 0.25) is 0 Å². The first-order valence-electron chi connectivity index (χ1n) is 6.71. The summed E-state index contributed by atoms with van der Waals surface area (Å²) in [6, 6.07) is 0. The second-order valence-corrected chi connectivity index (χ2v) is 6.83. The average molecular weight is 317 g/mol. The minimum absolute atomic E-state index is 0.125. The molecule has 3 N–H and O–H groups in total. The summed E-state index contributed by atoms with van der Waals surface area (Å²) in [4.78, 5) is 0. The number of nitrogens with one attached hydrogen (secondary N) is 1. The highest BCUT2D eigenvalue weighted by molar-refractivity contribution is 7.87. The first kappa shape index (κ1) is 17.7. The lowest BCUT2D eigenvalue weighted by Crippen LogP contribution is -2.58. The lowest BCUT2D eigenvalue weighted by Gasteiger charge is -2.39. The van der Waals surface area contributed by atoms with Gasteiger partial charge in [-0.3, -0.25) is 0 Å². The second-order valence-electron chi connectivity index (χ2n) is 5.15. The van der Waals surface area contributed by atoms with E-state index in [4.69, 9.17) is 5.73 Å². The van der Waals surface area contributed by atoms with Crippen molar-refractivity contribution in [2.24, 2.45) is 5.73 Å². The molecule has 0 amide bonds. The van der Waals surface area contributed by atoms with Gasteiger partial charge >= 0.3 is 6.18 Å². The first-order chi connectivity index (χ1) is 9.17. The molecule has 9 heteroatoms. The topological polar surface area (TPSA) is 75.4 Å². The van der Waals surface area contributed by atoms with Gasteiger partial charge in [-0.15, -0.1) is 0 Å². The number of nitrogens with two attached hydrogens (primary N) is 1. The van der Waals surface area contributed by atoms with E-state index in [9.17, 15) is 21.6 Å². The second kappa shape index (κ2) is 6.59. The van der Waals surface area contributed by atoms with Crippen LogP contribution in [0.25, 0.3) is 0 Å². The molecule has 0 saturated heterocycles. The first-order valence-corrected chi connectivity index (χ1v) is 8.15. The summed E-state index contributed by atoms with van der Waals surface area (Å²) >= 11 is 0. The Morgan fingerprint density at radius 1 is 1.30 bits per heavy atom. The van der Waals surface area contributed by atoms with Crippen molar-refractivity contribution >= 4 is 10.2 Å². The third kappa shape index (κ3) is 4.31. The van der Waals surface area contributed by atoms with Crippen molar-refractivity contribution in [3.05, 3.63) is 0 Å². The third-order valence-corrected chi connectivity index (χ3v) is 5.27. The van der Waals surface area contributed by atoms with Crippen molar-refractivity contribution in [2.45, 2.75) is 50.7 Å². The van der Waals surface area contributed by atoms with E-state index in [-0.39, 0.29) is 13.1 Å². The Bertz CT molecular complexity index is 406. The van der Waals surface area contributed by atoms with Crippen molar-refractivity contribution in [3.8, 4) is 0 Å². The van der Waals surface area contributed by atoms with E-state index in [1.165, 1.54) is 0 Å². The van der Waals surface area contributed by atoms with E-state index >= 15 is 0 Å². The Morgan fingerprint density at radius 2 is 1.85 bits per heavy atom. The minimum atomic E-state index is -4.57. The van der Waals surface area contributed by atoms with Crippen LogP contribution in [0.15, 0.2) is 0 Å². The normalized spacial score (nSPS) is 19.7. The molecule has 0 aromatic carbocycles. The van der Waals surface area contributed by atoms with Crippen molar-refractivity contribution in [2.75, 3.05) is 19.6 Å². The Labute approximate surface area is 117 Å². The highest BCUT2D eigenvalue weighted by Gasteiger charge is 2.44. The van der Waals surface area contributed by atoms with E-state index in [1.807, 2.05) is 0 Å². The van der Waals surface area contributed by atoms with Crippen LogP contribution < -0.4 is 10.5 Å². The van der Waals surface area contributed by atoms with Crippen molar-refractivity contribution in [1.29, 1.82) is 0 Å². The summed E-state index contributed by atoms with van der Waals surface area (Å²) in [5.41, 5.74) is 4.98. The zero-order chi connectivity index (χ0) is 15.4. The molecule has 5 nitrogen and oxygen atoms in total. The van der Waals surface area contributed by atoms with Gasteiger partial charge in [0, 0.05) is 18.6 Å². The fourth-order valence-electron chi connectivity index (χ4n) is 2.65. The number of hydrogen-bond acceptors (Lipinski definition) is 3.